The van der Waals surface area contributed by atoms with Gasteiger partial charge in [0.2, 0.25) is 0 Å². The molecule has 0 aliphatic carbocycles. The Labute approximate surface area is 151 Å². The van der Waals surface area contributed by atoms with Crippen LogP contribution in [0.3, 0.4) is 0 Å². The molecule has 1 aromatic heterocycles. The minimum atomic E-state index is -0.629. The van der Waals surface area contributed by atoms with Gasteiger partial charge >= 0.3 is 5.69 Å². The molecule has 1 aliphatic rings. The van der Waals surface area contributed by atoms with E-state index in [1.165, 1.54) is 0 Å². The van der Waals surface area contributed by atoms with Gasteiger partial charge in [0.05, 0.1) is 18.5 Å². The van der Waals surface area contributed by atoms with Crippen LogP contribution in [0.2, 0.25) is 0 Å². The van der Waals surface area contributed by atoms with Crippen LogP contribution in [-0.2, 0) is 6.54 Å². The first-order valence-electron chi connectivity index (χ1n) is 7.79. The largest absolute Gasteiger partial charge is 0.495 e. The predicted octanol–water partition coefficient (Wildman–Crippen LogP) is 0.554. The summed E-state index contributed by atoms with van der Waals surface area (Å²) < 4.78 is 5.42. The van der Waals surface area contributed by atoms with E-state index >= 15 is 0 Å². The maximum Gasteiger partial charge on any atom is 0.323 e. The lowest BCUT2D eigenvalue weighted by Gasteiger charge is -2.36. The van der Waals surface area contributed by atoms with Gasteiger partial charge in [-0.05, 0) is 12.1 Å². The number of benzene rings is 1. The van der Waals surface area contributed by atoms with Gasteiger partial charge in [-0.2, -0.15) is 0 Å². The van der Waals surface area contributed by atoms with Crippen molar-refractivity contribution in [3.05, 3.63) is 46.1 Å². The van der Waals surface area contributed by atoms with E-state index in [0.29, 0.717) is 12.2 Å². The monoisotopic (exact) mass is 367 g/mol. The van der Waals surface area contributed by atoms with Crippen molar-refractivity contribution in [1.29, 1.82) is 0 Å². The first kappa shape index (κ1) is 18.9. The number of amides is 1. The fourth-order valence-electron chi connectivity index (χ4n) is 3.01. The number of primary amides is 1. The Morgan fingerprint density at radius 2 is 1.88 bits per heavy atom. The number of hydrogen-bond acceptors (Lipinski definition) is 5. The van der Waals surface area contributed by atoms with Gasteiger partial charge in [0, 0.05) is 32.7 Å². The lowest BCUT2D eigenvalue weighted by molar-refractivity contribution is 0.0993. The van der Waals surface area contributed by atoms with Crippen LogP contribution in [0, 0.1) is 0 Å². The van der Waals surface area contributed by atoms with E-state index in [2.05, 4.69) is 19.8 Å². The van der Waals surface area contributed by atoms with Crippen LogP contribution in [0.1, 0.15) is 16.2 Å². The zero-order chi connectivity index (χ0) is 17.1. The predicted molar refractivity (Wildman–Crippen MR) is 97.7 cm³/mol. The van der Waals surface area contributed by atoms with Gasteiger partial charge in [0.1, 0.15) is 11.4 Å². The number of piperazine rings is 1. The summed E-state index contributed by atoms with van der Waals surface area (Å²) in [6.45, 7) is 3.77. The first-order chi connectivity index (χ1) is 11.6. The molecule has 1 fully saturated rings. The van der Waals surface area contributed by atoms with E-state index in [-0.39, 0.29) is 18.1 Å². The van der Waals surface area contributed by atoms with Gasteiger partial charge in [-0.25, -0.2) is 4.79 Å². The highest BCUT2D eigenvalue weighted by atomic mass is 35.5. The number of hydrogen-bond donors (Lipinski definition) is 3. The molecule has 4 N–H and O–H groups in total. The van der Waals surface area contributed by atoms with Gasteiger partial charge in [0.15, 0.2) is 0 Å². The summed E-state index contributed by atoms with van der Waals surface area (Å²) in [6.07, 6.45) is 0. The third kappa shape index (κ3) is 4.15. The number of aromatic amines is 2. The van der Waals surface area contributed by atoms with Gasteiger partial charge in [-0.1, -0.05) is 12.1 Å². The van der Waals surface area contributed by atoms with Gasteiger partial charge in [0.25, 0.3) is 5.91 Å². The van der Waals surface area contributed by atoms with Crippen LogP contribution in [0.15, 0.2) is 29.1 Å². The van der Waals surface area contributed by atoms with E-state index in [0.717, 1.165) is 37.6 Å². The van der Waals surface area contributed by atoms with E-state index < -0.39 is 11.6 Å². The van der Waals surface area contributed by atoms with Crippen molar-refractivity contribution in [2.45, 2.75) is 6.54 Å². The molecule has 0 spiro atoms. The summed E-state index contributed by atoms with van der Waals surface area (Å²) in [5, 5.41) is 0. The highest BCUT2D eigenvalue weighted by Gasteiger charge is 2.22. The zero-order valence-electron chi connectivity index (χ0n) is 13.9. The fourth-order valence-corrected chi connectivity index (χ4v) is 3.01. The Kier molecular flexibility index (Phi) is 6.11. The Bertz CT molecular complexity index is 780. The molecular formula is C16H22ClN5O3. The van der Waals surface area contributed by atoms with Crippen molar-refractivity contribution in [2.24, 2.45) is 5.73 Å². The van der Waals surface area contributed by atoms with Crippen LogP contribution < -0.4 is 21.1 Å². The lowest BCUT2D eigenvalue weighted by Crippen LogP contribution is -2.46. The van der Waals surface area contributed by atoms with Gasteiger partial charge in [-0.3, -0.25) is 9.69 Å². The molecule has 0 saturated carbocycles. The van der Waals surface area contributed by atoms with Crippen LogP contribution >= 0.6 is 12.4 Å². The third-order valence-corrected chi connectivity index (χ3v) is 4.23. The SMILES string of the molecule is COc1ccccc1N1CCN(Cc2[nH]c(=O)[nH]c2C(N)=O)CC1.Cl. The number of nitrogens with zero attached hydrogens (tertiary/aromatic N) is 2. The molecule has 136 valence electrons. The molecule has 2 aromatic rings. The molecule has 8 nitrogen and oxygen atoms in total. The molecule has 1 saturated heterocycles. The number of H-pyrrole nitrogens is 2. The van der Waals surface area contributed by atoms with Crippen LogP contribution in [0.4, 0.5) is 5.69 Å². The van der Waals surface area contributed by atoms with Crippen molar-refractivity contribution in [3.63, 3.8) is 0 Å². The molecular weight excluding hydrogens is 346 g/mol. The maximum absolute atomic E-state index is 11.4. The summed E-state index contributed by atoms with van der Waals surface area (Å²) in [7, 11) is 1.67. The minimum absolute atomic E-state index is 0. The van der Waals surface area contributed by atoms with E-state index in [1.807, 2.05) is 24.3 Å². The van der Waals surface area contributed by atoms with Crippen molar-refractivity contribution < 1.29 is 9.53 Å². The number of carbonyl (C=O) groups is 1. The number of para-hydroxylation sites is 2. The smallest absolute Gasteiger partial charge is 0.323 e. The Morgan fingerprint density at radius 3 is 2.52 bits per heavy atom. The molecule has 2 heterocycles. The molecule has 1 aliphatic heterocycles. The molecule has 9 heteroatoms. The molecule has 1 aromatic carbocycles. The van der Waals surface area contributed by atoms with E-state index in [4.69, 9.17) is 10.5 Å². The first-order valence-corrected chi connectivity index (χ1v) is 7.79. The lowest BCUT2D eigenvalue weighted by atomic mass is 10.2. The highest BCUT2D eigenvalue weighted by molar-refractivity contribution is 5.91. The number of anilines is 1. The number of nitrogens with one attached hydrogen (secondary N) is 2. The standard InChI is InChI=1S/C16H21N5O3.ClH/c1-24-13-5-3-2-4-12(13)21-8-6-20(7-9-21)10-11-14(15(17)22)19-16(23)18-11;/h2-5H,6-10H2,1H3,(H2,17,22)(H2,18,19,23);1H. The second-order valence-corrected chi connectivity index (χ2v) is 5.73. The van der Waals surface area contributed by atoms with Crippen molar-refractivity contribution in [3.8, 4) is 5.75 Å². The molecule has 25 heavy (non-hydrogen) atoms. The number of nitrogens with two attached hydrogens (primary N) is 1. The average molecular weight is 368 g/mol. The van der Waals surface area contributed by atoms with Crippen molar-refractivity contribution in [2.75, 3.05) is 38.2 Å². The number of rotatable bonds is 5. The Morgan fingerprint density at radius 1 is 1.20 bits per heavy atom. The molecule has 3 rings (SSSR count). The van der Waals surface area contributed by atoms with Gasteiger partial charge < -0.3 is 25.3 Å². The molecule has 0 atom stereocenters. The minimum Gasteiger partial charge on any atom is -0.495 e. The number of ether oxygens (including phenoxy) is 1. The second kappa shape index (κ2) is 8.09. The Hall–Kier alpha value is -2.45. The maximum atomic E-state index is 11.4. The number of imidazole rings is 1. The average Bonchev–Trinajstić information content (AvgIpc) is 2.96. The van der Waals surface area contributed by atoms with Crippen molar-refractivity contribution in [1.82, 2.24) is 14.9 Å². The molecule has 0 bridgehead atoms. The van der Waals surface area contributed by atoms with Gasteiger partial charge in [-0.15, -0.1) is 12.4 Å². The summed E-state index contributed by atoms with van der Waals surface area (Å²) in [5.41, 5.74) is 6.66. The zero-order valence-corrected chi connectivity index (χ0v) is 14.8. The molecule has 0 unspecified atom stereocenters. The summed E-state index contributed by atoms with van der Waals surface area (Å²) in [6, 6.07) is 7.94. The quantitative estimate of drug-likeness (QED) is 0.715. The fraction of sp³-hybridized carbons (Fsp3) is 0.375. The molecule has 0 radical (unpaired) electrons. The van der Waals surface area contributed by atoms with Crippen molar-refractivity contribution >= 4 is 24.0 Å². The number of carbonyl (C=O) groups excluding carboxylic acids is 1. The number of halogens is 1. The summed E-state index contributed by atoms with van der Waals surface area (Å²) >= 11 is 0. The highest BCUT2D eigenvalue weighted by Crippen LogP contribution is 2.28. The van der Waals surface area contributed by atoms with E-state index in [1.54, 1.807) is 7.11 Å². The third-order valence-electron chi connectivity index (χ3n) is 4.23. The van der Waals surface area contributed by atoms with Crippen LogP contribution in [-0.4, -0.2) is 54.1 Å². The number of aromatic nitrogens is 2. The van der Waals surface area contributed by atoms with Crippen LogP contribution in [0.25, 0.3) is 0 Å². The molecule has 1 amide bonds. The number of methoxy groups -OCH3 is 1. The van der Waals surface area contributed by atoms with Crippen LogP contribution in [0.5, 0.6) is 5.75 Å². The van der Waals surface area contributed by atoms with E-state index in [9.17, 15) is 9.59 Å². The summed E-state index contributed by atoms with van der Waals surface area (Å²) in [5.74, 6) is 0.230. The summed E-state index contributed by atoms with van der Waals surface area (Å²) in [4.78, 5) is 32.3. The Balaban J connectivity index is 0.00000225. The normalized spacial score (nSPS) is 14.8. The second-order valence-electron chi connectivity index (χ2n) is 5.73. The topological polar surface area (TPSA) is 107 Å².